The van der Waals surface area contributed by atoms with Crippen LogP contribution in [0.25, 0.3) is 0 Å². The number of Topliss-reactive ketones (excluding diaryl/α,β-unsaturated/α-hetero) is 1. The molecule has 0 N–H and O–H groups in total. The van der Waals surface area contributed by atoms with Crippen molar-refractivity contribution in [1.29, 1.82) is 0 Å². The lowest BCUT2D eigenvalue weighted by Gasteiger charge is -1.93. The lowest BCUT2D eigenvalue weighted by atomic mass is 10.3. The molecule has 0 aromatic carbocycles. The molecule has 0 aliphatic carbocycles. The van der Waals surface area contributed by atoms with Crippen LogP contribution in [0.3, 0.4) is 0 Å². The summed E-state index contributed by atoms with van der Waals surface area (Å²) in [7, 11) is 0. The summed E-state index contributed by atoms with van der Waals surface area (Å²) in [6, 6.07) is 1.38. The van der Waals surface area contributed by atoms with E-state index in [0.29, 0.717) is 0 Å². The predicted octanol–water partition coefficient (Wildman–Crippen LogP) is 2.49. The molecule has 11 heavy (non-hydrogen) atoms. The molecule has 0 spiro atoms. The van der Waals surface area contributed by atoms with Crippen molar-refractivity contribution in [3.8, 4) is 0 Å². The van der Waals surface area contributed by atoms with E-state index in [2.05, 4.69) is 20.3 Å². The fraction of sp³-hybridized carbons (Fsp3) is 0.167. The molecule has 0 bridgehead atoms. The van der Waals surface area contributed by atoms with Crippen molar-refractivity contribution < 1.29 is 18.0 Å². The smallest absolute Gasteiger partial charge is 0.303 e. The minimum atomic E-state index is -3.02. The van der Waals surface area contributed by atoms with Crippen LogP contribution >= 0.6 is 15.9 Å². The molecule has 1 rings (SSSR count). The molecule has 0 saturated carbocycles. The Labute approximate surface area is 69.3 Å². The minimum absolute atomic E-state index is 0.253. The number of alkyl halides is 2. The number of hydrogen-bond acceptors (Lipinski definition) is 2. The molecular formula is C6H3BrF2O2. The van der Waals surface area contributed by atoms with E-state index in [1.807, 2.05) is 0 Å². The van der Waals surface area contributed by atoms with Crippen LogP contribution in [0.5, 0.6) is 0 Å². The number of furan rings is 1. The van der Waals surface area contributed by atoms with Crippen molar-refractivity contribution >= 4 is 21.7 Å². The van der Waals surface area contributed by atoms with Crippen molar-refractivity contribution in [3.63, 3.8) is 0 Å². The average Bonchev–Trinajstić information content (AvgIpc) is 2.33. The van der Waals surface area contributed by atoms with E-state index in [9.17, 15) is 13.6 Å². The second-order valence-corrected chi connectivity index (χ2v) is 2.62. The summed E-state index contributed by atoms with van der Waals surface area (Å²) in [5.74, 6) is -1.64. The van der Waals surface area contributed by atoms with Gasteiger partial charge in [0, 0.05) is 0 Å². The number of rotatable bonds is 2. The van der Waals surface area contributed by atoms with Crippen LogP contribution in [0, 0.1) is 0 Å². The van der Waals surface area contributed by atoms with Crippen molar-refractivity contribution in [2.45, 2.75) is 6.43 Å². The van der Waals surface area contributed by atoms with Crippen molar-refractivity contribution in [2.75, 3.05) is 0 Å². The molecule has 0 aliphatic heterocycles. The third-order valence-corrected chi connectivity index (χ3v) is 1.66. The van der Waals surface area contributed by atoms with Gasteiger partial charge in [-0.3, -0.25) is 4.79 Å². The van der Waals surface area contributed by atoms with Gasteiger partial charge in [0.25, 0.3) is 5.78 Å². The first-order chi connectivity index (χ1) is 5.13. The molecule has 2 nitrogen and oxygen atoms in total. The third-order valence-electron chi connectivity index (χ3n) is 1.04. The van der Waals surface area contributed by atoms with E-state index in [0.717, 1.165) is 0 Å². The summed E-state index contributed by atoms with van der Waals surface area (Å²) >= 11 is 2.89. The summed E-state index contributed by atoms with van der Waals surface area (Å²) < 4.78 is 28.2. The largest absolute Gasteiger partial charge is 0.460 e. The maximum atomic E-state index is 11.7. The van der Waals surface area contributed by atoms with Crippen LogP contribution in [0.15, 0.2) is 21.2 Å². The number of ketones is 1. The fourth-order valence-electron chi connectivity index (χ4n) is 0.569. The molecule has 1 aromatic rings. The van der Waals surface area contributed by atoms with Crippen LogP contribution in [0.1, 0.15) is 10.6 Å². The van der Waals surface area contributed by atoms with Crippen molar-refractivity contribution in [3.05, 3.63) is 22.6 Å². The quantitative estimate of drug-likeness (QED) is 0.723. The molecule has 0 saturated heterocycles. The lowest BCUT2D eigenvalue weighted by molar-refractivity contribution is 0.0647. The highest BCUT2D eigenvalue weighted by molar-refractivity contribution is 9.10. The molecular weight excluding hydrogens is 222 g/mol. The molecule has 60 valence electrons. The van der Waals surface area contributed by atoms with Gasteiger partial charge in [-0.15, -0.1) is 0 Å². The van der Waals surface area contributed by atoms with Gasteiger partial charge < -0.3 is 4.42 Å². The second-order valence-electron chi connectivity index (χ2n) is 1.76. The Kier molecular flexibility index (Phi) is 2.38. The zero-order chi connectivity index (χ0) is 8.43. The first-order valence-corrected chi connectivity index (χ1v) is 3.47. The Morgan fingerprint density at radius 3 is 2.64 bits per heavy atom. The standard InChI is InChI=1S/C6H3BrF2O2/c7-3-1-2-11-5(3)4(10)6(8)9/h1-2,6H. The van der Waals surface area contributed by atoms with Gasteiger partial charge in [0.1, 0.15) is 0 Å². The van der Waals surface area contributed by atoms with Gasteiger partial charge in [0.2, 0.25) is 0 Å². The third kappa shape index (κ3) is 1.65. The maximum absolute atomic E-state index is 11.7. The van der Waals surface area contributed by atoms with E-state index in [1.165, 1.54) is 12.3 Å². The molecule has 1 heterocycles. The molecule has 0 aliphatic rings. The van der Waals surface area contributed by atoms with Gasteiger partial charge in [-0.2, -0.15) is 0 Å². The summed E-state index contributed by atoms with van der Waals surface area (Å²) in [6.45, 7) is 0. The minimum Gasteiger partial charge on any atom is -0.460 e. The average molecular weight is 225 g/mol. The highest BCUT2D eigenvalue weighted by Crippen LogP contribution is 2.20. The molecule has 0 atom stereocenters. The number of carbonyl (C=O) groups excluding carboxylic acids is 1. The number of hydrogen-bond donors (Lipinski definition) is 0. The Hall–Kier alpha value is -0.710. The fourth-order valence-corrected chi connectivity index (χ4v) is 0.965. The topological polar surface area (TPSA) is 30.2 Å². The van der Waals surface area contributed by atoms with Crippen LogP contribution < -0.4 is 0 Å². The van der Waals surface area contributed by atoms with Crippen molar-refractivity contribution in [2.24, 2.45) is 0 Å². The van der Waals surface area contributed by atoms with E-state index in [1.54, 1.807) is 0 Å². The molecule has 0 fully saturated rings. The van der Waals surface area contributed by atoms with E-state index >= 15 is 0 Å². The van der Waals surface area contributed by atoms with Gasteiger partial charge in [-0.1, -0.05) is 0 Å². The van der Waals surface area contributed by atoms with Gasteiger partial charge >= 0.3 is 6.43 Å². The van der Waals surface area contributed by atoms with Crippen LogP contribution in [0.4, 0.5) is 8.78 Å². The van der Waals surface area contributed by atoms with Crippen LogP contribution in [0.2, 0.25) is 0 Å². The summed E-state index contributed by atoms with van der Waals surface area (Å²) in [4.78, 5) is 10.6. The second kappa shape index (κ2) is 3.13. The lowest BCUT2D eigenvalue weighted by Crippen LogP contribution is -2.09. The Morgan fingerprint density at radius 1 is 1.64 bits per heavy atom. The molecule has 0 unspecified atom stereocenters. The summed E-state index contributed by atoms with van der Waals surface area (Å²) in [5.41, 5.74) is 0. The first kappa shape index (κ1) is 8.39. The van der Waals surface area contributed by atoms with Gasteiger partial charge in [0.05, 0.1) is 10.7 Å². The van der Waals surface area contributed by atoms with Gasteiger partial charge in [0.15, 0.2) is 5.76 Å². The summed E-state index contributed by atoms with van der Waals surface area (Å²) in [5, 5.41) is 0. The monoisotopic (exact) mass is 224 g/mol. The normalized spacial score (nSPS) is 10.5. The molecule has 1 aromatic heterocycles. The van der Waals surface area contributed by atoms with E-state index in [-0.39, 0.29) is 10.2 Å². The zero-order valence-corrected chi connectivity index (χ0v) is 6.77. The highest BCUT2D eigenvalue weighted by Gasteiger charge is 2.23. The zero-order valence-electron chi connectivity index (χ0n) is 5.18. The Morgan fingerprint density at radius 2 is 2.27 bits per heavy atom. The number of halogens is 3. The van der Waals surface area contributed by atoms with Gasteiger partial charge in [-0.25, -0.2) is 8.78 Å². The highest BCUT2D eigenvalue weighted by atomic mass is 79.9. The maximum Gasteiger partial charge on any atom is 0.303 e. The Bertz CT molecular complexity index is 269. The van der Waals surface area contributed by atoms with E-state index < -0.39 is 12.2 Å². The molecule has 5 heteroatoms. The number of carbonyl (C=O) groups is 1. The SMILES string of the molecule is O=C(c1occc1Br)C(F)F. The van der Waals surface area contributed by atoms with E-state index in [4.69, 9.17) is 0 Å². The summed E-state index contributed by atoms with van der Waals surface area (Å²) in [6.07, 6.45) is -1.85. The Balaban J connectivity index is 2.93. The van der Waals surface area contributed by atoms with Crippen molar-refractivity contribution in [1.82, 2.24) is 0 Å². The van der Waals surface area contributed by atoms with Crippen LogP contribution in [-0.2, 0) is 0 Å². The molecule has 0 amide bonds. The predicted molar refractivity (Wildman–Crippen MR) is 36.7 cm³/mol. The first-order valence-electron chi connectivity index (χ1n) is 2.68. The van der Waals surface area contributed by atoms with Crippen LogP contribution in [-0.4, -0.2) is 12.2 Å². The molecule has 0 radical (unpaired) electrons. The van der Waals surface area contributed by atoms with Gasteiger partial charge in [-0.05, 0) is 22.0 Å².